The van der Waals surface area contributed by atoms with E-state index in [-0.39, 0.29) is 0 Å². The highest BCUT2D eigenvalue weighted by Gasteiger charge is 2.14. The molecule has 4 nitrogen and oxygen atoms in total. The minimum absolute atomic E-state index is 0.362. The molecular weight excluding hydrogens is 250 g/mol. The van der Waals surface area contributed by atoms with Gasteiger partial charge in [-0.1, -0.05) is 38.3 Å². The van der Waals surface area contributed by atoms with Crippen molar-refractivity contribution < 1.29 is 4.74 Å². The largest absolute Gasteiger partial charge is 0.377 e. The smallest absolute Gasteiger partial charge is 0.158 e. The summed E-state index contributed by atoms with van der Waals surface area (Å²) in [6, 6.07) is 2.11. The van der Waals surface area contributed by atoms with Gasteiger partial charge in [-0.3, -0.25) is 0 Å². The molecule has 0 aromatic carbocycles. The van der Waals surface area contributed by atoms with Crippen LogP contribution in [0.5, 0.6) is 0 Å². The third-order valence-electron chi connectivity index (χ3n) is 3.15. The standard InChI is InChI=1S/C13H22ClN3O/c1-5-10(6-2)9(3)15-12-7-11(14)16-13(17-12)8-18-4/h7,9-10H,5-6,8H2,1-4H3,(H,15,16,17). The summed E-state index contributed by atoms with van der Waals surface area (Å²) < 4.78 is 5.02. The number of rotatable bonds is 7. The van der Waals surface area contributed by atoms with Crippen LogP contribution >= 0.6 is 11.6 Å². The molecule has 0 aliphatic heterocycles. The molecule has 102 valence electrons. The second-order valence-electron chi connectivity index (χ2n) is 4.43. The molecule has 18 heavy (non-hydrogen) atoms. The number of hydrogen-bond donors (Lipinski definition) is 1. The van der Waals surface area contributed by atoms with Crippen LogP contribution in [0.15, 0.2) is 6.07 Å². The Balaban J connectivity index is 2.77. The molecule has 1 aromatic rings. The predicted octanol–water partition coefficient (Wildman–Crippen LogP) is 3.51. The first kappa shape index (κ1) is 15.2. The zero-order valence-corrected chi connectivity index (χ0v) is 12.3. The maximum Gasteiger partial charge on any atom is 0.158 e. The normalized spacial score (nSPS) is 12.8. The van der Waals surface area contributed by atoms with E-state index >= 15 is 0 Å². The molecule has 1 atom stereocenters. The number of aromatic nitrogens is 2. The van der Waals surface area contributed by atoms with Crippen molar-refractivity contribution in [2.75, 3.05) is 12.4 Å². The lowest BCUT2D eigenvalue weighted by molar-refractivity contribution is 0.178. The summed E-state index contributed by atoms with van der Waals surface area (Å²) in [6.07, 6.45) is 2.29. The summed E-state index contributed by atoms with van der Waals surface area (Å²) >= 11 is 5.97. The lowest BCUT2D eigenvalue weighted by atomic mass is 9.95. The number of anilines is 1. The van der Waals surface area contributed by atoms with E-state index in [1.165, 1.54) is 0 Å². The Morgan fingerprint density at radius 1 is 1.33 bits per heavy atom. The lowest BCUT2D eigenvalue weighted by Gasteiger charge is -2.23. The summed E-state index contributed by atoms with van der Waals surface area (Å²) in [7, 11) is 1.62. The molecule has 1 unspecified atom stereocenters. The molecular formula is C13H22ClN3O. The Hall–Kier alpha value is -0.870. The molecule has 0 amide bonds. The highest BCUT2D eigenvalue weighted by atomic mass is 35.5. The van der Waals surface area contributed by atoms with Gasteiger partial charge in [0.05, 0.1) is 0 Å². The SMILES string of the molecule is CCC(CC)C(C)Nc1cc(Cl)nc(COC)n1. The van der Waals surface area contributed by atoms with Gasteiger partial charge in [-0.05, 0) is 12.8 Å². The van der Waals surface area contributed by atoms with Crippen LogP contribution in [-0.4, -0.2) is 23.1 Å². The Kier molecular flexibility index (Phi) is 6.36. The Bertz CT molecular complexity index is 369. The first-order valence-corrected chi connectivity index (χ1v) is 6.77. The minimum atomic E-state index is 0.362. The Morgan fingerprint density at radius 3 is 2.56 bits per heavy atom. The highest BCUT2D eigenvalue weighted by molar-refractivity contribution is 6.29. The summed E-state index contributed by atoms with van der Waals surface area (Å²) in [5.74, 6) is 2.00. The highest BCUT2D eigenvalue weighted by Crippen LogP contribution is 2.19. The monoisotopic (exact) mass is 271 g/mol. The summed E-state index contributed by atoms with van der Waals surface area (Å²) in [6.45, 7) is 6.95. The van der Waals surface area contributed by atoms with Gasteiger partial charge >= 0.3 is 0 Å². The summed E-state index contributed by atoms with van der Waals surface area (Å²) in [4.78, 5) is 8.49. The zero-order valence-electron chi connectivity index (χ0n) is 11.5. The number of nitrogens with one attached hydrogen (secondary N) is 1. The quantitative estimate of drug-likeness (QED) is 0.771. The number of methoxy groups -OCH3 is 1. The van der Waals surface area contributed by atoms with Gasteiger partial charge in [0.25, 0.3) is 0 Å². The van der Waals surface area contributed by atoms with Crippen LogP contribution in [0.2, 0.25) is 5.15 Å². The molecule has 0 fully saturated rings. The number of halogens is 1. The van der Waals surface area contributed by atoms with E-state index < -0.39 is 0 Å². The Labute approximate surface area is 114 Å². The molecule has 0 aliphatic rings. The van der Waals surface area contributed by atoms with E-state index in [1.807, 2.05) is 0 Å². The second kappa shape index (κ2) is 7.54. The topological polar surface area (TPSA) is 47.0 Å². The van der Waals surface area contributed by atoms with Crippen LogP contribution in [-0.2, 0) is 11.3 Å². The van der Waals surface area contributed by atoms with Crippen molar-refractivity contribution in [1.82, 2.24) is 9.97 Å². The molecule has 0 bridgehead atoms. The third kappa shape index (κ3) is 4.42. The van der Waals surface area contributed by atoms with Gasteiger partial charge in [0.15, 0.2) is 5.82 Å². The van der Waals surface area contributed by atoms with Crippen molar-refractivity contribution in [2.45, 2.75) is 46.3 Å². The van der Waals surface area contributed by atoms with E-state index in [2.05, 4.69) is 36.1 Å². The zero-order chi connectivity index (χ0) is 13.5. The molecule has 0 spiro atoms. The number of hydrogen-bond acceptors (Lipinski definition) is 4. The summed E-state index contributed by atoms with van der Waals surface area (Å²) in [5.41, 5.74) is 0. The van der Waals surface area contributed by atoms with Crippen molar-refractivity contribution in [2.24, 2.45) is 5.92 Å². The molecule has 0 saturated heterocycles. The van der Waals surface area contributed by atoms with Crippen molar-refractivity contribution in [3.05, 3.63) is 17.0 Å². The predicted molar refractivity (Wildman–Crippen MR) is 74.9 cm³/mol. The molecule has 0 saturated carbocycles. The third-order valence-corrected chi connectivity index (χ3v) is 3.34. The lowest BCUT2D eigenvalue weighted by Crippen LogP contribution is -2.25. The fraction of sp³-hybridized carbons (Fsp3) is 0.692. The van der Waals surface area contributed by atoms with Crippen molar-refractivity contribution in [3.8, 4) is 0 Å². The van der Waals surface area contributed by atoms with Crippen molar-refractivity contribution >= 4 is 17.4 Å². The Morgan fingerprint density at radius 2 is 2.00 bits per heavy atom. The molecule has 1 aromatic heterocycles. The van der Waals surface area contributed by atoms with E-state index in [0.29, 0.717) is 29.5 Å². The van der Waals surface area contributed by atoms with Gasteiger partial charge in [-0.2, -0.15) is 0 Å². The van der Waals surface area contributed by atoms with Gasteiger partial charge in [0.2, 0.25) is 0 Å². The molecule has 1 rings (SSSR count). The number of ether oxygens (including phenoxy) is 1. The van der Waals surface area contributed by atoms with Crippen LogP contribution in [0.3, 0.4) is 0 Å². The van der Waals surface area contributed by atoms with E-state index in [4.69, 9.17) is 16.3 Å². The van der Waals surface area contributed by atoms with Gasteiger partial charge in [-0.25, -0.2) is 9.97 Å². The van der Waals surface area contributed by atoms with Gasteiger partial charge in [-0.15, -0.1) is 0 Å². The van der Waals surface area contributed by atoms with Crippen LogP contribution < -0.4 is 5.32 Å². The van der Waals surface area contributed by atoms with E-state index in [1.54, 1.807) is 13.2 Å². The maximum atomic E-state index is 5.97. The molecule has 1 N–H and O–H groups in total. The molecule has 5 heteroatoms. The van der Waals surface area contributed by atoms with Crippen LogP contribution in [0.25, 0.3) is 0 Å². The number of nitrogens with zero attached hydrogens (tertiary/aromatic N) is 2. The van der Waals surface area contributed by atoms with Gasteiger partial charge in [0.1, 0.15) is 17.6 Å². The van der Waals surface area contributed by atoms with Crippen LogP contribution in [0.1, 0.15) is 39.4 Å². The van der Waals surface area contributed by atoms with Gasteiger partial charge < -0.3 is 10.1 Å². The van der Waals surface area contributed by atoms with E-state index in [0.717, 1.165) is 18.7 Å². The van der Waals surface area contributed by atoms with Crippen LogP contribution in [0.4, 0.5) is 5.82 Å². The minimum Gasteiger partial charge on any atom is -0.377 e. The average molecular weight is 272 g/mol. The van der Waals surface area contributed by atoms with Gasteiger partial charge in [0, 0.05) is 19.2 Å². The van der Waals surface area contributed by atoms with Crippen LogP contribution in [0, 0.1) is 5.92 Å². The molecule has 1 heterocycles. The molecule has 0 radical (unpaired) electrons. The maximum absolute atomic E-state index is 5.97. The fourth-order valence-electron chi connectivity index (χ4n) is 2.08. The first-order valence-electron chi connectivity index (χ1n) is 6.39. The molecule has 0 aliphatic carbocycles. The summed E-state index contributed by atoms with van der Waals surface area (Å²) in [5, 5.41) is 3.83. The van der Waals surface area contributed by atoms with E-state index in [9.17, 15) is 0 Å². The first-order chi connectivity index (χ1) is 8.60. The average Bonchev–Trinajstić information content (AvgIpc) is 2.30. The van der Waals surface area contributed by atoms with Crippen molar-refractivity contribution in [3.63, 3.8) is 0 Å². The fourth-order valence-corrected chi connectivity index (χ4v) is 2.28. The van der Waals surface area contributed by atoms with Crippen molar-refractivity contribution in [1.29, 1.82) is 0 Å². The second-order valence-corrected chi connectivity index (χ2v) is 4.82.